The molecule has 170 valence electrons. The number of thiazole rings is 1. The van der Waals surface area contributed by atoms with Crippen LogP contribution in [-0.4, -0.2) is 48.3 Å². The maximum atomic E-state index is 12.9. The Morgan fingerprint density at radius 1 is 1.06 bits per heavy atom. The maximum Gasteiger partial charge on any atom is 0.573 e. The van der Waals surface area contributed by atoms with Gasteiger partial charge in [0.1, 0.15) is 11.3 Å². The van der Waals surface area contributed by atoms with Gasteiger partial charge in [-0.1, -0.05) is 23.5 Å². The molecule has 11 heteroatoms. The fourth-order valence-electron chi connectivity index (χ4n) is 3.69. The van der Waals surface area contributed by atoms with Crippen LogP contribution >= 0.6 is 11.3 Å². The second-order valence-electron chi connectivity index (χ2n) is 7.42. The summed E-state index contributed by atoms with van der Waals surface area (Å²) in [7, 11) is 0. The minimum atomic E-state index is -4.76. The predicted octanol–water partition coefficient (Wildman–Crippen LogP) is 4.26. The summed E-state index contributed by atoms with van der Waals surface area (Å²) in [5, 5.41) is 1.07. The lowest BCUT2D eigenvalue weighted by Crippen LogP contribution is -2.48. The van der Waals surface area contributed by atoms with Crippen molar-refractivity contribution in [2.75, 3.05) is 31.1 Å². The number of aromatic nitrogens is 1. The quantitative estimate of drug-likeness (QED) is 0.441. The zero-order valence-corrected chi connectivity index (χ0v) is 17.8. The zero-order chi connectivity index (χ0) is 23.2. The first-order valence-corrected chi connectivity index (χ1v) is 10.8. The van der Waals surface area contributed by atoms with E-state index in [1.807, 2.05) is 4.90 Å². The van der Waals surface area contributed by atoms with Gasteiger partial charge in [0, 0.05) is 38.3 Å². The highest BCUT2D eigenvalue weighted by Gasteiger charge is 2.31. The van der Waals surface area contributed by atoms with Crippen LogP contribution in [0.5, 0.6) is 5.75 Å². The number of piperazine rings is 1. The van der Waals surface area contributed by atoms with Crippen molar-refractivity contribution in [3.63, 3.8) is 0 Å². The minimum Gasteiger partial charge on any atom is -0.451 e. The highest BCUT2D eigenvalue weighted by atomic mass is 32.1. The molecule has 3 heterocycles. The summed E-state index contributed by atoms with van der Waals surface area (Å²) < 4.78 is 47.6. The number of hydrogen-bond donors (Lipinski definition) is 0. The van der Waals surface area contributed by atoms with Gasteiger partial charge in [-0.25, -0.2) is 4.98 Å². The summed E-state index contributed by atoms with van der Waals surface area (Å²) >= 11 is 1.26. The van der Waals surface area contributed by atoms with E-state index >= 15 is 0 Å². The van der Waals surface area contributed by atoms with Gasteiger partial charge in [0.05, 0.1) is 15.6 Å². The number of hydrogen-bond acceptors (Lipinski definition) is 7. The molecule has 1 aliphatic heterocycles. The molecule has 33 heavy (non-hydrogen) atoms. The van der Waals surface area contributed by atoms with E-state index in [2.05, 4.69) is 9.72 Å². The summed E-state index contributed by atoms with van der Waals surface area (Å²) in [5.74, 6) is -0.669. The van der Waals surface area contributed by atoms with Crippen LogP contribution < -0.4 is 15.1 Å². The normalized spacial score (nSPS) is 14.8. The Balaban J connectivity index is 1.29. The van der Waals surface area contributed by atoms with E-state index in [0.29, 0.717) is 52.5 Å². The van der Waals surface area contributed by atoms with Crippen LogP contribution in [0, 0.1) is 0 Å². The van der Waals surface area contributed by atoms with Crippen LogP contribution in [0.1, 0.15) is 10.6 Å². The highest BCUT2D eigenvalue weighted by molar-refractivity contribution is 7.22. The number of anilines is 1. The van der Waals surface area contributed by atoms with E-state index in [9.17, 15) is 22.8 Å². The number of nitrogens with zero attached hydrogens (tertiary/aromatic N) is 3. The maximum absolute atomic E-state index is 12.9. The van der Waals surface area contributed by atoms with E-state index in [-0.39, 0.29) is 22.8 Å². The van der Waals surface area contributed by atoms with Gasteiger partial charge in [0.2, 0.25) is 0 Å². The number of rotatable bonds is 3. The number of benzene rings is 2. The molecular formula is C22H16F3N3O4S. The minimum absolute atomic E-state index is 0.00988. The summed E-state index contributed by atoms with van der Waals surface area (Å²) in [6, 6.07) is 12.0. The summed E-state index contributed by atoms with van der Waals surface area (Å²) in [6.45, 7) is 1.73. The molecule has 0 unspecified atom stereocenters. The van der Waals surface area contributed by atoms with E-state index in [1.54, 1.807) is 29.2 Å². The summed E-state index contributed by atoms with van der Waals surface area (Å²) in [6.07, 6.45) is -4.76. The fourth-order valence-corrected chi connectivity index (χ4v) is 4.74. The van der Waals surface area contributed by atoms with Gasteiger partial charge >= 0.3 is 6.36 Å². The molecule has 1 aliphatic rings. The summed E-state index contributed by atoms with van der Waals surface area (Å²) in [4.78, 5) is 33.2. The Bertz CT molecular complexity index is 1410. The molecule has 1 saturated heterocycles. The molecule has 0 saturated carbocycles. The topological polar surface area (TPSA) is 75.9 Å². The fraction of sp³-hybridized carbons (Fsp3) is 0.227. The first-order valence-electron chi connectivity index (χ1n) is 10.0. The van der Waals surface area contributed by atoms with E-state index in [1.165, 1.54) is 35.6 Å². The lowest BCUT2D eigenvalue weighted by molar-refractivity contribution is -0.274. The third kappa shape index (κ3) is 4.36. The lowest BCUT2D eigenvalue weighted by atomic mass is 10.2. The molecule has 7 nitrogen and oxygen atoms in total. The smallest absolute Gasteiger partial charge is 0.451 e. The molecule has 0 atom stereocenters. The van der Waals surface area contributed by atoms with Gasteiger partial charge in [0.25, 0.3) is 5.91 Å². The second kappa shape index (κ2) is 8.07. The van der Waals surface area contributed by atoms with Crippen LogP contribution in [0.15, 0.2) is 57.7 Å². The largest absolute Gasteiger partial charge is 0.573 e. The van der Waals surface area contributed by atoms with Crippen LogP contribution in [0.25, 0.3) is 21.2 Å². The average Bonchev–Trinajstić information content (AvgIpc) is 3.21. The van der Waals surface area contributed by atoms with Crippen molar-refractivity contribution in [3.05, 3.63) is 64.5 Å². The molecule has 2 aromatic heterocycles. The lowest BCUT2D eigenvalue weighted by Gasteiger charge is -2.34. The first kappa shape index (κ1) is 21.3. The molecule has 1 fully saturated rings. The van der Waals surface area contributed by atoms with E-state index < -0.39 is 6.36 Å². The van der Waals surface area contributed by atoms with Crippen LogP contribution in [0.3, 0.4) is 0 Å². The van der Waals surface area contributed by atoms with Gasteiger partial charge in [-0.3, -0.25) is 9.59 Å². The SMILES string of the molecule is O=C(c1cc(=O)c2ccccc2o1)N1CCN(c2nc3ccc(OC(F)(F)F)cc3s2)CC1. The van der Waals surface area contributed by atoms with Crippen molar-refractivity contribution in [3.8, 4) is 5.75 Å². The standard InChI is InChI=1S/C22H16F3N3O4S/c23-22(24,25)32-13-5-6-15-19(11-13)33-21(26-15)28-9-7-27(8-10-28)20(30)18-12-16(29)14-3-1-2-4-17(14)31-18/h1-6,11-12H,7-10H2. The van der Waals surface area contributed by atoms with Crippen molar-refractivity contribution >= 4 is 43.6 Å². The van der Waals surface area contributed by atoms with E-state index in [0.717, 1.165) is 0 Å². The van der Waals surface area contributed by atoms with Gasteiger partial charge in [-0.15, -0.1) is 13.2 Å². The second-order valence-corrected chi connectivity index (χ2v) is 8.43. The Morgan fingerprint density at radius 3 is 2.58 bits per heavy atom. The third-order valence-electron chi connectivity index (χ3n) is 5.27. The number of fused-ring (bicyclic) bond motifs is 2. The predicted molar refractivity (Wildman–Crippen MR) is 117 cm³/mol. The van der Waals surface area contributed by atoms with Gasteiger partial charge in [-0.05, 0) is 24.3 Å². The van der Waals surface area contributed by atoms with Crippen molar-refractivity contribution in [2.45, 2.75) is 6.36 Å². The Morgan fingerprint density at radius 2 is 1.82 bits per heavy atom. The summed E-state index contributed by atoms with van der Waals surface area (Å²) in [5.41, 5.74) is 0.651. The van der Waals surface area contributed by atoms with E-state index in [4.69, 9.17) is 4.42 Å². The molecule has 0 N–H and O–H groups in total. The number of alkyl halides is 3. The van der Waals surface area contributed by atoms with Crippen molar-refractivity contribution in [2.24, 2.45) is 0 Å². The number of ether oxygens (including phenoxy) is 1. The molecular weight excluding hydrogens is 459 g/mol. The van der Waals surface area contributed by atoms with Gasteiger partial charge in [-0.2, -0.15) is 0 Å². The molecule has 2 aromatic carbocycles. The number of carbonyl (C=O) groups is 1. The molecule has 1 amide bonds. The van der Waals surface area contributed by atoms with Gasteiger partial charge in [0.15, 0.2) is 16.3 Å². The first-order chi connectivity index (χ1) is 15.8. The third-order valence-corrected chi connectivity index (χ3v) is 6.34. The number of carbonyl (C=O) groups excluding carboxylic acids is 1. The van der Waals surface area contributed by atoms with Crippen LogP contribution in [-0.2, 0) is 0 Å². The zero-order valence-electron chi connectivity index (χ0n) is 17.0. The number of amides is 1. The molecule has 0 aliphatic carbocycles. The Labute approximate surface area is 188 Å². The van der Waals surface area contributed by atoms with Crippen molar-refractivity contribution < 1.29 is 27.1 Å². The molecule has 4 aromatic rings. The molecule has 0 spiro atoms. The number of halogens is 3. The average molecular weight is 475 g/mol. The van der Waals surface area contributed by atoms with Crippen LogP contribution in [0.2, 0.25) is 0 Å². The molecule has 0 radical (unpaired) electrons. The Hall–Kier alpha value is -3.60. The van der Waals surface area contributed by atoms with Crippen molar-refractivity contribution in [1.82, 2.24) is 9.88 Å². The van der Waals surface area contributed by atoms with Gasteiger partial charge < -0.3 is 19.0 Å². The molecule has 0 bridgehead atoms. The monoisotopic (exact) mass is 475 g/mol. The van der Waals surface area contributed by atoms with Crippen LogP contribution in [0.4, 0.5) is 18.3 Å². The van der Waals surface area contributed by atoms with Crippen molar-refractivity contribution in [1.29, 1.82) is 0 Å². The Kier molecular flexibility index (Phi) is 5.20. The highest BCUT2D eigenvalue weighted by Crippen LogP contribution is 2.33. The number of para-hydroxylation sites is 1. The molecule has 5 rings (SSSR count).